The molecule has 1 saturated heterocycles. The van der Waals surface area contributed by atoms with Crippen LogP contribution < -0.4 is 0 Å². The number of halogens is 1. The molecule has 5 heteroatoms. The molecule has 1 heterocycles. The number of hydrogen-bond donors (Lipinski definition) is 1. The maximum absolute atomic E-state index is 13.5. The first-order valence-electron chi connectivity index (χ1n) is 10.1. The molecule has 0 aromatic heterocycles. The maximum atomic E-state index is 13.5. The highest BCUT2D eigenvalue weighted by molar-refractivity contribution is 5.66. The van der Waals surface area contributed by atoms with Crippen molar-refractivity contribution >= 4 is 5.97 Å². The van der Waals surface area contributed by atoms with Gasteiger partial charge in [-0.2, -0.15) is 0 Å². The number of esters is 1. The molecule has 2 rings (SSSR count). The van der Waals surface area contributed by atoms with Gasteiger partial charge in [0.25, 0.3) is 0 Å². The Bertz CT molecular complexity index is 512. The zero-order chi connectivity index (χ0) is 19.9. The molecule has 0 amide bonds. The minimum Gasteiger partial charge on any atom is -0.457 e. The van der Waals surface area contributed by atoms with Gasteiger partial charge in [-0.3, -0.25) is 4.79 Å². The highest BCUT2D eigenvalue weighted by atomic mass is 19.1. The summed E-state index contributed by atoms with van der Waals surface area (Å²) < 4.78 is 24.9. The lowest BCUT2D eigenvalue weighted by Crippen LogP contribution is -2.50. The SMILES string of the molecule is CCC(C)C1(C)C(O)C2OC(C(CF)OC(C)=O)CC(C)C2C1(C)CC. The van der Waals surface area contributed by atoms with Crippen molar-refractivity contribution in [2.75, 3.05) is 6.67 Å². The Morgan fingerprint density at radius 1 is 1.38 bits per heavy atom. The largest absolute Gasteiger partial charge is 0.457 e. The van der Waals surface area contributed by atoms with E-state index in [-0.39, 0.29) is 28.8 Å². The molecular weight excluding hydrogens is 335 g/mol. The summed E-state index contributed by atoms with van der Waals surface area (Å²) in [6.45, 7) is 13.7. The van der Waals surface area contributed by atoms with Gasteiger partial charge in [-0.1, -0.05) is 48.0 Å². The number of aliphatic hydroxyl groups is 1. The summed E-state index contributed by atoms with van der Waals surface area (Å²) in [5.74, 6) is 0.303. The van der Waals surface area contributed by atoms with Gasteiger partial charge in [0, 0.05) is 12.3 Å². The van der Waals surface area contributed by atoms with Gasteiger partial charge in [0.2, 0.25) is 0 Å². The molecule has 2 aliphatic rings. The van der Waals surface area contributed by atoms with Crippen LogP contribution in [0.2, 0.25) is 0 Å². The van der Waals surface area contributed by atoms with E-state index in [1.54, 1.807) is 0 Å². The van der Waals surface area contributed by atoms with Crippen LogP contribution in [0.1, 0.15) is 67.7 Å². The predicted octanol–water partition coefficient (Wildman–Crippen LogP) is 4.14. The van der Waals surface area contributed by atoms with Crippen LogP contribution in [-0.2, 0) is 14.3 Å². The number of aliphatic hydroxyl groups excluding tert-OH is 1. The number of hydrogen-bond acceptors (Lipinski definition) is 4. The van der Waals surface area contributed by atoms with E-state index >= 15 is 0 Å². The fourth-order valence-electron chi connectivity index (χ4n) is 6.03. The lowest BCUT2D eigenvalue weighted by Gasteiger charge is -2.50. The van der Waals surface area contributed by atoms with Crippen LogP contribution in [0, 0.1) is 28.6 Å². The maximum Gasteiger partial charge on any atom is 0.303 e. The van der Waals surface area contributed by atoms with Gasteiger partial charge in [0.1, 0.15) is 6.67 Å². The Morgan fingerprint density at radius 2 is 2.00 bits per heavy atom. The minimum absolute atomic E-state index is 0.0659. The molecule has 1 aliphatic carbocycles. The first-order chi connectivity index (χ1) is 12.1. The Hall–Kier alpha value is -0.680. The average molecular weight is 373 g/mol. The summed E-state index contributed by atoms with van der Waals surface area (Å²) in [6.07, 6.45) is 0.221. The molecule has 9 atom stereocenters. The average Bonchev–Trinajstić information content (AvgIpc) is 2.78. The van der Waals surface area contributed by atoms with Gasteiger partial charge in [-0.25, -0.2) is 4.39 Å². The van der Waals surface area contributed by atoms with Crippen LogP contribution >= 0.6 is 0 Å². The first-order valence-corrected chi connectivity index (χ1v) is 10.1. The van der Waals surface area contributed by atoms with Gasteiger partial charge in [-0.15, -0.1) is 0 Å². The fourth-order valence-corrected chi connectivity index (χ4v) is 6.03. The number of ether oxygens (including phenoxy) is 2. The Kier molecular flexibility index (Phi) is 6.44. The molecule has 9 unspecified atom stereocenters. The van der Waals surface area contributed by atoms with Crippen LogP contribution in [0.15, 0.2) is 0 Å². The van der Waals surface area contributed by atoms with Crippen LogP contribution in [0.3, 0.4) is 0 Å². The van der Waals surface area contributed by atoms with Crippen molar-refractivity contribution in [3.63, 3.8) is 0 Å². The second-order valence-electron chi connectivity index (χ2n) is 8.99. The molecule has 1 saturated carbocycles. The lowest BCUT2D eigenvalue weighted by molar-refractivity contribution is -0.190. The smallest absolute Gasteiger partial charge is 0.303 e. The summed E-state index contributed by atoms with van der Waals surface area (Å²) in [5.41, 5.74) is -0.342. The van der Waals surface area contributed by atoms with Crippen molar-refractivity contribution in [2.24, 2.45) is 28.6 Å². The lowest BCUT2D eigenvalue weighted by atomic mass is 9.55. The molecule has 26 heavy (non-hydrogen) atoms. The highest BCUT2D eigenvalue weighted by Gasteiger charge is 2.68. The molecular formula is C21H37FO4. The molecule has 0 spiro atoms. The number of rotatable bonds is 6. The number of fused-ring (bicyclic) bond motifs is 1. The summed E-state index contributed by atoms with van der Waals surface area (Å²) in [6, 6.07) is 0. The minimum atomic E-state index is -0.897. The molecule has 0 aromatic carbocycles. The van der Waals surface area contributed by atoms with Crippen molar-refractivity contribution in [1.29, 1.82) is 0 Å². The summed E-state index contributed by atoms with van der Waals surface area (Å²) in [4.78, 5) is 11.3. The van der Waals surface area contributed by atoms with Gasteiger partial charge in [-0.05, 0) is 36.0 Å². The second-order valence-corrected chi connectivity index (χ2v) is 8.99. The molecule has 0 aromatic rings. The van der Waals surface area contributed by atoms with Crippen LogP contribution in [-0.4, -0.2) is 42.2 Å². The van der Waals surface area contributed by atoms with E-state index in [9.17, 15) is 14.3 Å². The second kappa shape index (κ2) is 7.75. The van der Waals surface area contributed by atoms with Crippen molar-refractivity contribution in [1.82, 2.24) is 0 Å². The molecule has 0 radical (unpaired) electrons. The monoisotopic (exact) mass is 372 g/mol. The van der Waals surface area contributed by atoms with E-state index in [2.05, 4.69) is 41.5 Å². The molecule has 2 fully saturated rings. The summed E-state index contributed by atoms with van der Waals surface area (Å²) >= 11 is 0. The predicted molar refractivity (Wildman–Crippen MR) is 99.4 cm³/mol. The van der Waals surface area contributed by atoms with Gasteiger partial charge in [0.15, 0.2) is 6.10 Å². The molecule has 0 bridgehead atoms. The van der Waals surface area contributed by atoms with Crippen molar-refractivity contribution in [3.05, 3.63) is 0 Å². The Balaban J connectivity index is 2.38. The Labute approximate surface area is 157 Å². The number of alkyl halides is 1. The van der Waals surface area contributed by atoms with Crippen LogP contribution in [0.25, 0.3) is 0 Å². The van der Waals surface area contributed by atoms with E-state index in [0.29, 0.717) is 12.3 Å². The summed E-state index contributed by atoms with van der Waals surface area (Å²) in [5, 5.41) is 11.4. The van der Waals surface area contributed by atoms with E-state index in [1.807, 2.05) is 0 Å². The normalized spacial score (nSPS) is 45.0. The molecule has 4 nitrogen and oxygen atoms in total. The molecule has 1 aliphatic heterocycles. The van der Waals surface area contributed by atoms with E-state index in [4.69, 9.17) is 9.47 Å². The third-order valence-corrected chi connectivity index (χ3v) is 8.05. The quantitative estimate of drug-likeness (QED) is 0.712. The fraction of sp³-hybridized carbons (Fsp3) is 0.952. The van der Waals surface area contributed by atoms with Gasteiger partial charge in [0.05, 0.1) is 18.3 Å². The third kappa shape index (κ3) is 3.09. The molecule has 1 N–H and O–H groups in total. The molecule has 152 valence electrons. The zero-order valence-corrected chi connectivity index (χ0v) is 17.4. The summed E-state index contributed by atoms with van der Waals surface area (Å²) in [7, 11) is 0. The third-order valence-electron chi connectivity index (χ3n) is 8.05. The number of carbonyl (C=O) groups is 1. The Morgan fingerprint density at radius 3 is 2.46 bits per heavy atom. The van der Waals surface area contributed by atoms with Gasteiger partial charge >= 0.3 is 5.97 Å². The van der Waals surface area contributed by atoms with Crippen molar-refractivity contribution < 1.29 is 23.8 Å². The van der Waals surface area contributed by atoms with Crippen LogP contribution in [0.4, 0.5) is 4.39 Å². The van der Waals surface area contributed by atoms with Crippen LogP contribution in [0.5, 0.6) is 0 Å². The zero-order valence-electron chi connectivity index (χ0n) is 17.4. The standard InChI is InChI=1S/C21H37FO4/c1-8-13(4)21(7)19(24)18-17(20(21,6)9-2)12(3)10-15(26-18)16(11-22)25-14(5)23/h12-13,15-19,24H,8-11H2,1-7H3. The van der Waals surface area contributed by atoms with E-state index in [0.717, 1.165) is 12.8 Å². The van der Waals surface area contributed by atoms with Crippen molar-refractivity contribution in [3.8, 4) is 0 Å². The van der Waals surface area contributed by atoms with Crippen molar-refractivity contribution in [2.45, 2.75) is 92.1 Å². The first kappa shape index (κ1) is 21.6. The van der Waals surface area contributed by atoms with E-state index < -0.39 is 31.0 Å². The van der Waals surface area contributed by atoms with Gasteiger partial charge < -0.3 is 14.6 Å². The highest BCUT2D eigenvalue weighted by Crippen LogP contribution is 2.66. The number of carbonyl (C=O) groups excluding carboxylic acids is 1. The van der Waals surface area contributed by atoms with E-state index in [1.165, 1.54) is 6.92 Å². The topological polar surface area (TPSA) is 55.8 Å².